The minimum atomic E-state index is -0.420. The highest BCUT2D eigenvalue weighted by atomic mass is 19.1. The molecule has 1 saturated heterocycles. The van der Waals surface area contributed by atoms with Crippen LogP contribution in [0.3, 0.4) is 0 Å². The van der Waals surface area contributed by atoms with Gasteiger partial charge in [0, 0.05) is 37.9 Å². The first-order valence-corrected chi connectivity index (χ1v) is 8.77. The number of nitrogens with one attached hydrogen (secondary N) is 1. The van der Waals surface area contributed by atoms with Crippen LogP contribution in [0.25, 0.3) is 0 Å². The van der Waals surface area contributed by atoms with E-state index in [0.717, 1.165) is 37.6 Å². The lowest BCUT2D eigenvalue weighted by atomic mass is 10.2. The van der Waals surface area contributed by atoms with E-state index in [1.165, 1.54) is 6.07 Å². The van der Waals surface area contributed by atoms with E-state index >= 15 is 0 Å². The number of nitrogens with zero attached hydrogens (tertiary/aromatic N) is 2. The second kappa shape index (κ2) is 8.19. The van der Waals surface area contributed by atoms with Gasteiger partial charge in [0.2, 0.25) is 5.91 Å². The minimum Gasteiger partial charge on any atom is -0.497 e. The van der Waals surface area contributed by atoms with Gasteiger partial charge in [-0.1, -0.05) is 18.2 Å². The highest BCUT2D eigenvalue weighted by Crippen LogP contribution is 2.22. The number of carbonyl (C=O) groups excluding carboxylic acids is 1. The molecule has 0 aliphatic carbocycles. The van der Waals surface area contributed by atoms with Gasteiger partial charge >= 0.3 is 0 Å². The first-order chi connectivity index (χ1) is 12.6. The Balaban J connectivity index is 1.57. The lowest BCUT2D eigenvalue weighted by Gasteiger charge is -2.38. The number of methoxy groups -OCH3 is 1. The van der Waals surface area contributed by atoms with Crippen LogP contribution < -0.4 is 15.0 Å². The Morgan fingerprint density at radius 2 is 1.85 bits per heavy atom. The van der Waals surface area contributed by atoms with Crippen molar-refractivity contribution in [3.8, 4) is 5.75 Å². The summed E-state index contributed by atoms with van der Waals surface area (Å²) >= 11 is 0. The molecule has 1 amide bonds. The van der Waals surface area contributed by atoms with Crippen LogP contribution in [0, 0.1) is 5.82 Å². The SMILES string of the molecule is COc1cccc(N2CCN([C@@H](C)C(=O)Nc3ccccc3F)CC2)c1. The van der Waals surface area contributed by atoms with Crippen molar-refractivity contribution in [2.24, 2.45) is 0 Å². The monoisotopic (exact) mass is 357 g/mol. The Morgan fingerprint density at radius 1 is 1.12 bits per heavy atom. The summed E-state index contributed by atoms with van der Waals surface area (Å²) in [6.07, 6.45) is 0. The summed E-state index contributed by atoms with van der Waals surface area (Å²) in [5.74, 6) is 0.225. The second-order valence-corrected chi connectivity index (χ2v) is 6.37. The third-order valence-corrected chi connectivity index (χ3v) is 4.79. The number of rotatable bonds is 5. The summed E-state index contributed by atoms with van der Waals surface area (Å²) < 4.78 is 19.0. The van der Waals surface area contributed by atoms with Gasteiger partial charge < -0.3 is 15.0 Å². The predicted octanol–water partition coefficient (Wildman–Crippen LogP) is 2.98. The first kappa shape index (κ1) is 18.2. The standard InChI is InChI=1S/C20H24FN3O2/c1-15(20(25)22-19-9-4-3-8-18(19)21)23-10-12-24(13-11-23)16-6-5-7-17(14-16)26-2/h3-9,14-15H,10-13H2,1-2H3,(H,22,25)/t15-/m0/s1. The van der Waals surface area contributed by atoms with Gasteiger partial charge in [-0.15, -0.1) is 0 Å². The number of anilines is 2. The number of ether oxygens (including phenoxy) is 1. The molecule has 3 rings (SSSR count). The Bertz CT molecular complexity index is 760. The van der Waals surface area contributed by atoms with E-state index in [9.17, 15) is 9.18 Å². The Kier molecular flexibility index (Phi) is 5.73. The highest BCUT2D eigenvalue weighted by Gasteiger charge is 2.26. The van der Waals surface area contributed by atoms with Gasteiger partial charge in [-0.25, -0.2) is 4.39 Å². The molecule has 0 radical (unpaired) electrons. The third-order valence-electron chi connectivity index (χ3n) is 4.79. The van der Waals surface area contributed by atoms with Crippen molar-refractivity contribution in [2.45, 2.75) is 13.0 Å². The molecule has 26 heavy (non-hydrogen) atoms. The minimum absolute atomic E-state index is 0.190. The van der Waals surface area contributed by atoms with E-state index in [-0.39, 0.29) is 17.6 Å². The van der Waals surface area contributed by atoms with Gasteiger partial charge in [-0.3, -0.25) is 9.69 Å². The zero-order valence-electron chi connectivity index (χ0n) is 15.1. The van der Waals surface area contributed by atoms with Crippen molar-refractivity contribution >= 4 is 17.3 Å². The van der Waals surface area contributed by atoms with Crippen LogP contribution in [-0.4, -0.2) is 50.1 Å². The van der Waals surface area contributed by atoms with Gasteiger partial charge in [-0.05, 0) is 31.2 Å². The van der Waals surface area contributed by atoms with E-state index in [2.05, 4.69) is 21.2 Å². The summed E-state index contributed by atoms with van der Waals surface area (Å²) in [5.41, 5.74) is 1.34. The fraction of sp³-hybridized carbons (Fsp3) is 0.350. The van der Waals surface area contributed by atoms with Crippen LogP contribution in [0.5, 0.6) is 5.75 Å². The number of para-hydroxylation sites is 1. The molecule has 2 aromatic rings. The highest BCUT2D eigenvalue weighted by molar-refractivity contribution is 5.94. The Morgan fingerprint density at radius 3 is 2.54 bits per heavy atom. The molecular weight excluding hydrogens is 333 g/mol. The normalized spacial score (nSPS) is 16.2. The number of hydrogen-bond acceptors (Lipinski definition) is 4. The smallest absolute Gasteiger partial charge is 0.241 e. The molecule has 1 aliphatic heterocycles. The van der Waals surface area contributed by atoms with Gasteiger partial charge in [0.15, 0.2) is 0 Å². The Hall–Kier alpha value is -2.60. The fourth-order valence-corrected chi connectivity index (χ4v) is 3.14. The molecule has 1 aliphatic rings. The zero-order chi connectivity index (χ0) is 18.5. The summed E-state index contributed by atoms with van der Waals surface area (Å²) in [5, 5.41) is 2.68. The van der Waals surface area contributed by atoms with E-state index in [1.54, 1.807) is 25.3 Å². The number of piperazine rings is 1. The molecule has 1 atom stereocenters. The molecular formula is C20H24FN3O2. The number of carbonyl (C=O) groups is 1. The number of hydrogen-bond donors (Lipinski definition) is 1. The number of benzene rings is 2. The zero-order valence-corrected chi connectivity index (χ0v) is 15.1. The van der Waals surface area contributed by atoms with Crippen molar-refractivity contribution in [2.75, 3.05) is 43.5 Å². The predicted molar refractivity (Wildman–Crippen MR) is 101 cm³/mol. The van der Waals surface area contributed by atoms with Crippen molar-refractivity contribution in [3.05, 3.63) is 54.3 Å². The van der Waals surface area contributed by atoms with Crippen molar-refractivity contribution in [3.63, 3.8) is 0 Å². The number of halogens is 1. The third kappa shape index (κ3) is 4.14. The average molecular weight is 357 g/mol. The molecule has 138 valence electrons. The lowest BCUT2D eigenvalue weighted by molar-refractivity contribution is -0.120. The van der Waals surface area contributed by atoms with E-state index in [0.29, 0.717) is 0 Å². The van der Waals surface area contributed by atoms with Crippen LogP contribution in [-0.2, 0) is 4.79 Å². The van der Waals surface area contributed by atoms with Crippen molar-refractivity contribution in [1.29, 1.82) is 0 Å². The van der Waals surface area contributed by atoms with Crippen LogP contribution >= 0.6 is 0 Å². The lowest BCUT2D eigenvalue weighted by Crippen LogP contribution is -2.52. The molecule has 5 nitrogen and oxygen atoms in total. The number of amides is 1. The van der Waals surface area contributed by atoms with E-state index < -0.39 is 5.82 Å². The fourth-order valence-electron chi connectivity index (χ4n) is 3.14. The van der Waals surface area contributed by atoms with Gasteiger partial charge in [0.05, 0.1) is 18.8 Å². The topological polar surface area (TPSA) is 44.8 Å². The molecule has 1 fully saturated rings. The maximum Gasteiger partial charge on any atom is 0.241 e. The largest absolute Gasteiger partial charge is 0.497 e. The molecule has 0 saturated carbocycles. The van der Waals surface area contributed by atoms with Crippen LogP contribution in [0.4, 0.5) is 15.8 Å². The summed E-state index contributed by atoms with van der Waals surface area (Å²) in [7, 11) is 1.66. The summed E-state index contributed by atoms with van der Waals surface area (Å²) in [6.45, 7) is 5.04. The van der Waals surface area contributed by atoms with Gasteiger partial charge in [0.1, 0.15) is 11.6 Å². The van der Waals surface area contributed by atoms with Crippen molar-refractivity contribution < 1.29 is 13.9 Å². The van der Waals surface area contributed by atoms with Gasteiger partial charge in [-0.2, -0.15) is 0 Å². The molecule has 0 spiro atoms. The van der Waals surface area contributed by atoms with E-state index in [1.807, 2.05) is 25.1 Å². The second-order valence-electron chi connectivity index (χ2n) is 6.37. The average Bonchev–Trinajstić information content (AvgIpc) is 2.69. The molecule has 1 heterocycles. The quantitative estimate of drug-likeness (QED) is 0.894. The van der Waals surface area contributed by atoms with Crippen molar-refractivity contribution in [1.82, 2.24) is 4.90 Å². The van der Waals surface area contributed by atoms with Crippen LogP contribution in [0.1, 0.15) is 6.92 Å². The molecule has 6 heteroatoms. The molecule has 0 unspecified atom stereocenters. The maximum absolute atomic E-state index is 13.7. The summed E-state index contributed by atoms with van der Waals surface area (Å²) in [4.78, 5) is 16.8. The summed E-state index contributed by atoms with van der Waals surface area (Å²) in [6, 6.07) is 13.9. The first-order valence-electron chi connectivity index (χ1n) is 8.77. The Labute approximate surface area is 153 Å². The van der Waals surface area contributed by atoms with E-state index in [4.69, 9.17) is 4.74 Å². The van der Waals surface area contributed by atoms with Crippen LogP contribution in [0.2, 0.25) is 0 Å². The molecule has 2 aromatic carbocycles. The van der Waals surface area contributed by atoms with Crippen LogP contribution in [0.15, 0.2) is 48.5 Å². The maximum atomic E-state index is 13.7. The molecule has 0 aromatic heterocycles. The molecule has 0 bridgehead atoms. The van der Waals surface area contributed by atoms with Gasteiger partial charge in [0.25, 0.3) is 0 Å². The molecule has 1 N–H and O–H groups in total.